The Morgan fingerprint density at radius 1 is 1.23 bits per heavy atom. The maximum absolute atomic E-state index is 12.6. The topological polar surface area (TPSA) is 152 Å². The molecule has 2 fully saturated rings. The number of ether oxygens (including phenoxy) is 2. The molecule has 0 radical (unpaired) electrons. The van der Waals surface area contributed by atoms with Crippen LogP contribution in [0, 0.1) is 17.2 Å². The van der Waals surface area contributed by atoms with Gasteiger partial charge < -0.3 is 29.7 Å². The summed E-state index contributed by atoms with van der Waals surface area (Å²) < 4.78 is 37.9. The van der Waals surface area contributed by atoms with E-state index in [1.54, 1.807) is 18.2 Å². The van der Waals surface area contributed by atoms with Crippen LogP contribution in [-0.2, 0) is 19.5 Å². The molecule has 2 heterocycles. The fourth-order valence-corrected chi connectivity index (χ4v) is 4.40. The lowest BCUT2D eigenvalue weighted by molar-refractivity contribution is -0.257. The van der Waals surface area contributed by atoms with Crippen molar-refractivity contribution in [3.63, 3.8) is 0 Å². The van der Waals surface area contributed by atoms with Gasteiger partial charge in [-0.15, -0.1) is 0 Å². The number of rotatable bonds is 6. The van der Waals surface area contributed by atoms with Gasteiger partial charge >= 0.3 is 0 Å². The Morgan fingerprint density at radius 2 is 1.87 bits per heavy atom. The summed E-state index contributed by atoms with van der Waals surface area (Å²) in [5, 5.41) is 39.2. The number of aliphatic hydroxyl groups excluding tert-OH is 3. The predicted molar refractivity (Wildman–Crippen MR) is 112 cm³/mol. The smallest absolute Gasteiger partial charge is 0.250 e. The molecule has 10 nitrogen and oxygen atoms in total. The zero-order valence-electron chi connectivity index (χ0n) is 17.1. The van der Waals surface area contributed by atoms with Crippen LogP contribution in [0.1, 0.15) is 12.5 Å². The highest BCUT2D eigenvalue weighted by Gasteiger charge is 2.41. The van der Waals surface area contributed by atoms with Gasteiger partial charge in [0.05, 0.1) is 19.3 Å². The molecule has 1 unspecified atom stereocenters. The monoisotopic (exact) mass is 453 g/mol. The highest BCUT2D eigenvalue weighted by molar-refractivity contribution is 7.93. The molecule has 170 valence electrons. The number of nitriles is 1. The highest BCUT2D eigenvalue weighted by Crippen LogP contribution is 2.25. The lowest BCUT2D eigenvalue weighted by Crippen LogP contribution is -2.56. The minimum atomic E-state index is -4.20. The average molecular weight is 454 g/mol. The Morgan fingerprint density at radius 3 is 2.48 bits per heavy atom. The fourth-order valence-electron chi connectivity index (χ4n) is 3.45. The molecule has 0 spiro atoms. The van der Waals surface area contributed by atoms with Crippen LogP contribution in [0.25, 0.3) is 6.08 Å². The third kappa shape index (κ3) is 5.61. The quantitative estimate of drug-likeness (QED) is 0.413. The predicted octanol–water partition coefficient (Wildman–Crippen LogP) is -0.618. The van der Waals surface area contributed by atoms with E-state index in [2.05, 4.69) is 9.62 Å². The molecule has 2 saturated heterocycles. The molecule has 0 bridgehead atoms. The average Bonchev–Trinajstić information content (AvgIpc) is 2.78. The van der Waals surface area contributed by atoms with Crippen molar-refractivity contribution >= 4 is 21.8 Å². The maximum atomic E-state index is 12.6. The second-order valence-electron chi connectivity index (χ2n) is 7.57. The summed E-state index contributed by atoms with van der Waals surface area (Å²) in [7, 11) is -4.20. The molecular weight excluding hydrogens is 426 g/mol. The SMILES string of the molecule is C[C@H]1C(O)O[C@H](CNS(=O)(=O)/C(C#N)=C/c2ccc(N3CCOCC3)cc2)[C@@H](O)[C@@H]1O. The third-order valence-corrected chi connectivity index (χ3v) is 6.81. The number of sulfonamides is 1. The van der Waals surface area contributed by atoms with E-state index in [0.29, 0.717) is 18.8 Å². The fraction of sp³-hybridized carbons (Fsp3) is 0.550. The standard InChI is InChI=1S/C20H27N3O7S/c1-13-18(24)19(25)17(30-20(13)26)12-22-31(27,28)16(11-21)10-14-2-4-15(5-3-14)23-6-8-29-9-7-23/h2-5,10,13,17-20,22,24-26H,6-9,12H2,1H3/b16-10+/t13-,17-,18-,19-,20?/m1/s1. The summed E-state index contributed by atoms with van der Waals surface area (Å²) in [6.45, 7) is 3.93. The Hall–Kier alpha value is -2.04. The largest absolute Gasteiger partial charge is 0.390 e. The highest BCUT2D eigenvalue weighted by atomic mass is 32.2. The first-order valence-electron chi connectivity index (χ1n) is 9.97. The Labute approximate surface area is 181 Å². The van der Waals surface area contributed by atoms with Crippen molar-refractivity contribution in [3.8, 4) is 6.07 Å². The zero-order valence-corrected chi connectivity index (χ0v) is 17.9. The lowest BCUT2D eigenvalue weighted by Gasteiger charge is -2.39. The van der Waals surface area contributed by atoms with Crippen LogP contribution in [0.2, 0.25) is 0 Å². The molecule has 5 atom stereocenters. The number of hydrogen-bond donors (Lipinski definition) is 4. The molecule has 4 N–H and O–H groups in total. The Balaban J connectivity index is 1.67. The van der Waals surface area contributed by atoms with Crippen LogP contribution in [0.3, 0.4) is 0 Å². The third-order valence-electron chi connectivity index (χ3n) is 5.47. The van der Waals surface area contributed by atoms with Crippen molar-refractivity contribution in [2.24, 2.45) is 5.92 Å². The molecule has 3 rings (SSSR count). The van der Waals surface area contributed by atoms with E-state index >= 15 is 0 Å². The molecule has 0 amide bonds. The molecule has 1 aromatic carbocycles. The van der Waals surface area contributed by atoms with E-state index in [1.807, 2.05) is 12.1 Å². The molecular formula is C20H27N3O7S. The maximum Gasteiger partial charge on any atom is 0.250 e. The summed E-state index contributed by atoms with van der Waals surface area (Å²) >= 11 is 0. The summed E-state index contributed by atoms with van der Waals surface area (Å²) in [6.07, 6.45) is -3.92. The van der Waals surface area contributed by atoms with Crippen LogP contribution in [0.15, 0.2) is 29.2 Å². The van der Waals surface area contributed by atoms with Gasteiger partial charge in [0.15, 0.2) is 11.2 Å². The first-order chi connectivity index (χ1) is 14.7. The number of anilines is 1. The number of benzene rings is 1. The lowest BCUT2D eigenvalue weighted by atomic mass is 9.92. The summed E-state index contributed by atoms with van der Waals surface area (Å²) in [6, 6.07) is 8.82. The van der Waals surface area contributed by atoms with Crippen LogP contribution >= 0.6 is 0 Å². The summed E-state index contributed by atoms with van der Waals surface area (Å²) in [5.74, 6) is -0.724. The van der Waals surface area contributed by atoms with Crippen molar-refractivity contribution < 1.29 is 33.2 Å². The molecule has 2 aliphatic rings. The number of morpholine rings is 1. The zero-order chi connectivity index (χ0) is 22.6. The minimum Gasteiger partial charge on any atom is -0.390 e. The van der Waals surface area contributed by atoms with Crippen LogP contribution < -0.4 is 9.62 Å². The number of nitrogens with zero attached hydrogens (tertiary/aromatic N) is 2. The van der Waals surface area contributed by atoms with Gasteiger partial charge in [-0.2, -0.15) is 5.26 Å². The molecule has 0 saturated carbocycles. The van der Waals surface area contributed by atoms with Gasteiger partial charge in [0.2, 0.25) is 0 Å². The second-order valence-corrected chi connectivity index (χ2v) is 9.30. The molecule has 0 aliphatic carbocycles. The van der Waals surface area contributed by atoms with Gasteiger partial charge in [-0.25, -0.2) is 13.1 Å². The van der Waals surface area contributed by atoms with Gasteiger partial charge in [-0.3, -0.25) is 0 Å². The van der Waals surface area contributed by atoms with Crippen LogP contribution in [0.5, 0.6) is 0 Å². The summed E-state index contributed by atoms with van der Waals surface area (Å²) in [5.41, 5.74) is 1.52. The van der Waals surface area contributed by atoms with Crippen molar-refractivity contribution in [2.45, 2.75) is 31.5 Å². The second kappa shape index (κ2) is 10.1. The number of allylic oxidation sites excluding steroid dienone is 1. The van der Waals surface area contributed by atoms with E-state index in [0.717, 1.165) is 18.8 Å². The Kier molecular flexibility index (Phi) is 7.66. The van der Waals surface area contributed by atoms with E-state index in [-0.39, 0.29) is 0 Å². The number of aliphatic hydroxyl groups is 3. The minimum absolute atomic E-state index is 0.417. The number of hydrogen-bond acceptors (Lipinski definition) is 9. The van der Waals surface area contributed by atoms with Crippen LogP contribution in [-0.4, -0.2) is 81.2 Å². The molecule has 0 aromatic heterocycles. The van der Waals surface area contributed by atoms with Gasteiger partial charge in [-0.1, -0.05) is 19.1 Å². The first kappa shape index (κ1) is 23.6. The summed E-state index contributed by atoms with van der Waals surface area (Å²) in [4.78, 5) is 1.64. The van der Waals surface area contributed by atoms with Crippen molar-refractivity contribution in [2.75, 3.05) is 37.7 Å². The van der Waals surface area contributed by atoms with Gasteiger partial charge in [0.1, 0.15) is 18.3 Å². The van der Waals surface area contributed by atoms with Crippen molar-refractivity contribution in [1.29, 1.82) is 5.26 Å². The van der Waals surface area contributed by atoms with Gasteiger partial charge in [0.25, 0.3) is 10.0 Å². The van der Waals surface area contributed by atoms with E-state index in [4.69, 9.17) is 9.47 Å². The van der Waals surface area contributed by atoms with Crippen molar-refractivity contribution in [1.82, 2.24) is 4.72 Å². The van der Waals surface area contributed by atoms with Gasteiger partial charge in [-0.05, 0) is 23.8 Å². The van der Waals surface area contributed by atoms with E-state index in [1.165, 1.54) is 13.0 Å². The van der Waals surface area contributed by atoms with E-state index < -0.39 is 52.0 Å². The molecule has 31 heavy (non-hydrogen) atoms. The normalized spacial score (nSPS) is 30.1. The van der Waals surface area contributed by atoms with Gasteiger partial charge in [0, 0.05) is 31.2 Å². The Bertz CT molecular complexity index is 923. The first-order valence-corrected chi connectivity index (χ1v) is 11.4. The van der Waals surface area contributed by atoms with Crippen molar-refractivity contribution in [3.05, 3.63) is 34.7 Å². The van der Waals surface area contributed by atoms with Crippen LogP contribution in [0.4, 0.5) is 5.69 Å². The number of nitrogens with one attached hydrogen (secondary N) is 1. The molecule has 11 heteroatoms. The molecule has 2 aliphatic heterocycles. The molecule has 1 aromatic rings. The van der Waals surface area contributed by atoms with E-state index in [9.17, 15) is 29.0 Å².